The van der Waals surface area contributed by atoms with Gasteiger partial charge in [0, 0.05) is 21.8 Å². The normalized spacial score (nSPS) is 11.7. The Morgan fingerprint density at radius 3 is 2.64 bits per heavy atom. The molecule has 0 fully saturated rings. The summed E-state index contributed by atoms with van der Waals surface area (Å²) in [7, 11) is -2.67. The third-order valence-electron chi connectivity index (χ3n) is 3.24. The summed E-state index contributed by atoms with van der Waals surface area (Å²) in [5, 5.41) is 0.0448. The summed E-state index contributed by atoms with van der Waals surface area (Å²) in [6.45, 7) is 0. The van der Waals surface area contributed by atoms with Gasteiger partial charge in [0.1, 0.15) is 11.2 Å². The van der Waals surface area contributed by atoms with Gasteiger partial charge < -0.3 is 0 Å². The Morgan fingerprint density at radius 2 is 1.91 bits per heavy atom. The summed E-state index contributed by atoms with van der Waals surface area (Å²) in [5.41, 5.74) is 1.20. The molecule has 0 spiro atoms. The second-order valence-corrected chi connectivity index (χ2v) is 6.84. The highest BCUT2D eigenvalue weighted by Gasteiger charge is 2.25. The van der Waals surface area contributed by atoms with Crippen molar-refractivity contribution >= 4 is 38.3 Å². The van der Waals surface area contributed by atoms with Crippen molar-refractivity contribution in [1.82, 2.24) is 8.96 Å². The number of hydrogen-bond acceptors (Lipinski definition) is 4. The number of rotatable bonds is 3. The van der Waals surface area contributed by atoms with Gasteiger partial charge in [0.2, 0.25) is 0 Å². The van der Waals surface area contributed by atoms with E-state index in [1.54, 1.807) is 24.3 Å². The molecule has 0 aliphatic rings. The zero-order valence-corrected chi connectivity index (χ0v) is 13.0. The zero-order chi connectivity index (χ0) is 15.9. The van der Waals surface area contributed by atoms with Crippen LogP contribution >= 0.6 is 11.6 Å². The summed E-state index contributed by atoms with van der Waals surface area (Å²) in [6.07, 6.45) is 1.23. The Bertz CT molecular complexity index is 995. The van der Waals surface area contributed by atoms with Crippen molar-refractivity contribution in [3.8, 4) is 0 Å². The second kappa shape index (κ2) is 5.19. The quantitative estimate of drug-likeness (QED) is 0.689. The van der Waals surface area contributed by atoms with Gasteiger partial charge in [0.15, 0.2) is 7.05 Å². The molecule has 3 aromatic rings. The summed E-state index contributed by atoms with van der Waals surface area (Å²) in [5.74, 6) is 0. The largest absolute Gasteiger partial charge is 0.271 e. The zero-order valence-electron chi connectivity index (χ0n) is 11.5. The molecule has 0 amide bonds. The van der Waals surface area contributed by atoms with E-state index in [1.165, 1.54) is 31.6 Å². The number of benzene rings is 2. The average molecular weight is 337 g/mol. The molecule has 0 radical (unpaired) electrons. The third-order valence-corrected chi connectivity index (χ3v) is 5.38. The van der Waals surface area contributed by atoms with Crippen LogP contribution < -0.4 is 0 Å². The minimum absolute atomic E-state index is 0.0448. The van der Waals surface area contributed by atoms with Gasteiger partial charge in [-0.3, -0.25) is 0 Å². The molecule has 2 aromatic carbocycles. The smallest absolute Gasteiger partial charge is 0.236 e. The van der Waals surface area contributed by atoms with Crippen LogP contribution in [0.1, 0.15) is 0 Å². The van der Waals surface area contributed by atoms with E-state index in [2.05, 4.69) is 4.98 Å². The summed E-state index contributed by atoms with van der Waals surface area (Å²) < 4.78 is 27.3. The number of fused-ring (bicyclic) bond motifs is 1. The van der Waals surface area contributed by atoms with Gasteiger partial charge in [-0.25, -0.2) is 17.4 Å². The maximum atomic E-state index is 12.8. The topological polar surface area (TPSA) is 72.0 Å². The molecule has 8 heteroatoms. The summed E-state index contributed by atoms with van der Waals surface area (Å²) in [6, 6.07) is 10.9. The van der Waals surface area contributed by atoms with Crippen molar-refractivity contribution < 1.29 is 13.2 Å². The van der Waals surface area contributed by atoms with E-state index in [0.29, 0.717) is 15.8 Å². The SMILES string of the molecule is C[N+](=O)c1ccc(Cl)c(S(=O)(=O)n2cnc3ccccc32)c1. The van der Waals surface area contributed by atoms with Crippen LogP contribution in [-0.4, -0.2) is 29.2 Å². The monoisotopic (exact) mass is 336 g/mol. The Balaban J connectivity index is 2.26. The van der Waals surface area contributed by atoms with Gasteiger partial charge in [-0.1, -0.05) is 23.7 Å². The van der Waals surface area contributed by atoms with Gasteiger partial charge >= 0.3 is 0 Å². The van der Waals surface area contributed by atoms with E-state index in [0.717, 1.165) is 3.97 Å². The van der Waals surface area contributed by atoms with Gasteiger partial charge in [0.05, 0.1) is 16.1 Å². The number of nitrogens with zero attached hydrogens (tertiary/aromatic N) is 3. The van der Waals surface area contributed by atoms with E-state index in [-0.39, 0.29) is 15.6 Å². The number of imidazole rings is 1. The highest BCUT2D eigenvalue weighted by Crippen LogP contribution is 2.29. The van der Waals surface area contributed by atoms with Gasteiger partial charge in [-0.2, -0.15) is 0 Å². The van der Waals surface area contributed by atoms with E-state index < -0.39 is 10.0 Å². The molecule has 0 unspecified atom stereocenters. The van der Waals surface area contributed by atoms with Crippen LogP contribution in [0.4, 0.5) is 5.69 Å². The first-order valence-electron chi connectivity index (χ1n) is 6.29. The predicted octanol–water partition coefficient (Wildman–Crippen LogP) is 2.97. The predicted molar refractivity (Wildman–Crippen MR) is 83.0 cm³/mol. The Hall–Kier alpha value is -2.25. The first-order chi connectivity index (χ1) is 10.4. The van der Waals surface area contributed by atoms with Crippen LogP contribution in [0, 0.1) is 4.91 Å². The van der Waals surface area contributed by atoms with Crippen LogP contribution in [0.5, 0.6) is 0 Å². The van der Waals surface area contributed by atoms with Gasteiger partial charge in [0.25, 0.3) is 15.7 Å². The molecular formula is C14H11ClN3O3S+. The Labute approximate surface area is 131 Å². The lowest BCUT2D eigenvalue weighted by atomic mass is 10.3. The molecule has 112 valence electrons. The molecule has 0 aliphatic heterocycles. The highest BCUT2D eigenvalue weighted by molar-refractivity contribution is 7.90. The lowest BCUT2D eigenvalue weighted by molar-refractivity contribution is -0.428. The Kier molecular flexibility index (Phi) is 3.46. The number of aromatic nitrogens is 2. The van der Waals surface area contributed by atoms with E-state index in [4.69, 9.17) is 11.6 Å². The molecular weight excluding hydrogens is 326 g/mol. The van der Waals surface area contributed by atoms with Crippen LogP contribution in [0.3, 0.4) is 0 Å². The number of hydrogen-bond donors (Lipinski definition) is 0. The van der Waals surface area contributed by atoms with Crippen molar-refractivity contribution in [2.45, 2.75) is 4.90 Å². The fraction of sp³-hybridized carbons (Fsp3) is 0.0714. The summed E-state index contributed by atoms with van der Waals surface area (Å²) >= 11 is 6.02. The lowest BCUT2D eigenvalue weighted by Gasteiger charge is -2.08. The van der Waals surface area contributed by atoms with Crippen molar-refractivity contribution in [3.63, 3.8) is 0 Å². The van der Waals surface area contributed by atoms with Crippen molar-refractivity contribution in [3.05, 3.63) is 58.7 Å². The maximum absolute atomic E-state index is 12.8. The molecule has 0 atom stereocenters. The first-order valence-corrected chi connectivity index (χ1v) is 8.11. The highest BCUT2D eigenvalue weighted by atomic mass is 35.5. The molecule has 0 aliphatic carbocycles. The fourth-order valence-electron chi connectivity index (χ4n) is 2.12. The standard InChI is InChI=1S/C14H11ClN3O3S/c1-17(19)10-6-7-11(15)14(8-10)22(20,21)18-9-16-12-4-2-3-5-13(12)18/h2-9H,1H3/q+1. The molecule has 3 rings (SSSR count). The van der Waals surface area contributed by atoms with Gasteiger partial charge in [-0.15, -0.1) is 0 Å². The summed E-state index contributed by atoms with van der Waals surface area (Å²) in [4.78, 5) is 15.3. The van der Waals surface area contributed by atoms with Crippen LogP contribution in [-0.2, 0) is 10.0 Å². The minimum Gasteiger partial charge on any atom is -0.236 e. The second-order valence-electron chi connectivity index (χ2n) is 4.65. The maximum Gasteiger partial charge on any atom is 0.271 e. The first kappa shape index (κ1) is 14.7. The molecule has 0 bridgehead atoms. The fourth-order valence-corrected chi connectivity index (χ4v) is 3.91. The third kappa shape index (κ3) is 2.28. The molecule has 0 N–H and O–H groups in total. The van der Waals surface area contributed by atoms with Crippen LogP contribution in [0.2, 0.25) is 5.02 Å². The average Bonchev–Trinajstić information content (AvgIpc) is 2.91. The Morgan fingerprint density at radius 1 is 1.18 bits per heavy atom. The van der Waals surface area contributed by atoms with E-state index in [9.17, 15) is 13.3 Å². The van der Waals surface area contributed by atoms with Crippen molar-refractivity contribution in [2.75, 3.05) is 7.05 Å². The molecule has 1 heterocycles. The molecule has 22 heavy (non-hydrogen) atoms. The molecule has 0 saturated carbocycles. The number of para-hydroxylation sites is 2. The van der Waals surface area contributed by atoms with E-state index >= 15 is 0 Å². The lowest BCUT2D eigenvalue weighted by Crippen LogP contribution is -2.12. The number of halogens is 1. The molecule has 6 nitrogen and oxygen atoms in total. The van der Waals surface area contributed by atoms with E-state index in [1.807, 2.05) is 0 Å². The minimum atomic E-state index is -3.95. The van der Waals surface area contributed by atoms with Gasteiger partial charge in [-0.05, 0) is 18.2 Å². The van der Waals surface area contributed by atoms with Crippen molar-refractivity contribution in [1.29, 1.82) is 0 Å². The van der Waals surface area contributed by atoms with Crippen LogP contribution in [0.15, 0.2) is 53.7 Å². The van der Waals surface area contributed by atoms with Crippen LogP contribution in [0.25, 0.3) is 11.0 Å². The molecule has 0 saturated heterocycles. The number of nitroso groups, excluding NO2 is 1. The van der Waals surface area contributed by atoms with Crippen molar-refractivity contribution in [2.24, 2.45) is 0 Å². The molecule has 1 aromatic heterocycles.